The van der Waals surface area contributed by atoms with E-state index in [1.165, 1.54) is 57.8 Å². The van der Waals surface area contributed by atoms with Gasteiger partial charge in [0.15, 0.2) is 0 Å². The van der Waals surface area contributed by atoms with Crippen LogP contribution in [0.5, 0.6) is 0 Å². The number of unbranched alkanes of at least 4 members (excludes halogenated alkanes) is 12. The molecule has 8 nitrogen and oxygen atoms in total. The molecule has 8 heteroatoms. The Hall–Kier alpha value is -1.48. The van der Waals surface area contributed by atoms with E-state index in [0.717, 1.165) is 25.7 Å². The summed E-state index contributed by atoms with van der Waals surface area (Å²) in [7, 11) is 0. The van der Waals surface area contributed by atoms with Crippen molar-refractivity contribution in [2.45, 2.75) is 96.8 Å². The lowest BCUT2D eigenvalue weighted by molar-refractivity contribution is -0.145. The van der Waals surface area contributed by atoms with Crippen LogP contribution in [0, 0.1) is 0 Å². The monoisotopic (exact) mass is 516 g/mol. The first-order valence-electron chi connectivity index (χ1n) is 13.9. The normalized spacial score (nSPS) is 10.9. The second-order valence-corrected chi connectivity index (χ2v) is 9.04. The molecule has 0 aliphatic heterocycles. The predicted octanol–water partition coefficient (Wildman–Crippen LogP) is 5.15. The van der Waals surface area contributed by atoms with Crippen molar-refractivity contribution < 1.29 is 38.4 Å². The molecule has 0 unspecified atom stereocenters. The van der Waals surface area contributed by atoms with Gasteiger partial charge in [0.2, 0.25) is 0 Å². The molecule has 0 heterocycles. The fourth-order valence-corrected chi connectivity index (χ4v) is 3.50. The maximum Gasteiger partial charge on any atom is 0.333 e. The Labute approximate surface area is 219 Å². The van der Waals surface area contributed by atoms with Gasteiger partial charge in [0.05, 0.1) is 52.9 Å². The number of carbonyl (C=O) groups excluding carboxylic acids is 2. The first-order valence-corrected chi connectivity index (χ1v) is 13.9. The molecule has 0 aromatic heterocycles. The van der Waals surface area contributed by atoms with Crippen molar-refractivity contribution >= 4 is 11.9 Å². The van der Waals surface area contributed by atoms with Crippen molar-refractivity contribution in [2.75, 3.05) is 59.5 Å². The SMILES string of the molecule is C=C(C)C(=O)OCCCCCCCCCCCCCCCC(=O)OCCOCCOCCOCCO. The molecule has 0 radical (unpaired) electrons. The Bertz CT molecular complexity index is 524. The zero-order valence-corrected chi connectivity index (χ0v) is 22.8. The number of rotatable bonds is 28. The van der Waals surface area contributed by atoms with Gasteiger partial charge in [-0.15, -0.1) is 0 Å². The Morgan fingerprint density at radius 2 is 0.972 bits per heavy atom. The van der Waals surface area contributed by atoms with Crippen LogP contribution in [-0.2, 0) is 33.3 Å². The van der Waals surface area contributed by atoms with E-state index in [-0.39, 0.29) is 25.2 Å². The van der Waals surface area contributed by atoms with Crippen LogP contribution >= 0.6 is 0 Å². The standard InChI is InChI=1S/C28H52O8/c1-26(2)28(31)36-18-15-13-11-9-7-5-3-4-6-8-10-12-14-16-27(30)35-25-24-34-23-22-33-21-20-32-19-17-29/h29H,1,3-25H2,2H3. The number of esters is 2. The third-order valence-electron chi connectivity index (χ3n) is 5.58. The number of aliphatic hydroxyl groups is 1. The number of aliphatic hydroxyl groups excluding tert-OH is 1. The van der Waals surface area contributed by atoms with Gasteiger partial charge in [-0.1, -0.05) is 77.2 Å². The van der Waals surface area contributed by atoms with Crippen molar-refractivity contribution in [1.29, 1.82) is 0 Å². The molecule has 0 bridgehead atoms. The van der Waals surface area contributed by atoms with Crippen LogP contribution in [0.15, 0.2) is 12.2 Å². The minimum atomic E-state index is -0.285. The third kappa shape index (κ3) is 27.1. The van der Waals surface area contributed by atoms with E-state index < -0.39 is 0 Å². The van der Waals surface area contributed by atoms with Gasteiger partial charge in [-0.2, -0.15) is 0 Å². The van der Waals surface area contributed by atoms with Crippen LogP contribution in [0.2, 0.25) is 0 Å². The van der Waals surface area contributed by atoms with E-state index in [1.54, 1.807) is 6.92 Å². The minimum absolute atomic E-state index is 0.0192. The zero-order chi connectivity index (χ0) is 26.5. The lowest BCUT2D eigenvalue weighted by Crippen LogP contribution is -2.14. The molecule has 0 amide bonds. The molecule has 0 atom stereocenters. The first-order chi connectivity index (χ1) is 17.6. The van der Waals surface area contributed by atoms with E-state index in [2.05, 4.69) is 6.58 Å². The summed E-state index contributed by atoms with van der Waals surface area (Å²) in [5, 5.41) is 8.56. The summed E-state index contributed by atoms with van der Waals surface area (Å²) in [6.07, 6.45) is 15.8. The number of hydrogen-bond donors (Lipinski definition) is 1. The summed E-state index contributed by atoms with van der Waals surface area (Å²) >= 11 is 0. The van der Waals surface area contributed by atoms with E-state index in [4.69, 9.17) is 28.8 Å². The highest BCUT2D eigenvalue weighted by Crippen LogP contribution is 2.13. The van der Waals surface area contributed by atoms with E-state index in [9.17, 15) is 9.59 Å². The van der Waals surface area contributed by atoms with Crippen molar-refractivity contribution in [3.05, 3.63) is 12.2 Å². The molecule has 0 spiro atoms. The van der Waals surface area contributed by atoms with Gasteiger partial charge in [-0.05, 0) is 19.8 Å². The molecular weight excluding hydrogens is 464 g/mol. The first kappa shape index (κ1) is 34.5. The molecule has 0 aliphatic carbocycles. The van der Waals surface area contributed by atoms with Gasteiger partial charge in [0.1, 0.15) is 6.61 Å². The van der Waals surface area contributed by atoms with Crippen LogP contribution in [0.1, 0.15) is 96.8 Å². The highest BCUT2D eigenvalue weighted by molar-refractivity contribution is 5.86. The number of carbonyl (C=O) groups is 2. The summed E-state index contributed by atoms with van der Waals surface area (Å²) in [5.41, 5.74) is 0.464. The summed E-state index contributed by atoms with van der Waals surface area (Å²) in [6, 6.07) is 0. The van der Waals surface area contributed by atoms with Gasteiger partial charge in [-0.3, -0.25) is 4.79 Å². The molecule has 0 saturated heterocycles. The van der Waals surface area contributed by atoms with E-state index >= 15 is 0 Å². The number of hydrogen-bond acceptors (Lipinski definition) is 8. The predicted molar refractivity (Wildman–Crippen MR) is 141 cm³/mol. The maximum atomic E-state index is 11.7. The summed E-state index contributed by atoms with van der Waals surface area (Å²) < 4.78 is 26.0. The van der Waals surface area contributed by atoms with Gasteiger partial charge >= 0.3 is 11.9 Å². The van der Waals surface area contributed by atoms with Gasteiger partial charge < -0.3 is 28.8 Å². The van der Waals surface area contributed by atoms with Gasteiger partial charge in [0.25, 0.3) is 0 Å². The largest absolute Gasteiger partial charge is 0.463 e. The van der Waals surface area contributed by atoms with E-state index in [0.29, 0.717) is 58.2 Å². The fourth-order valence-electron chi connectivity index (χ4n) is 3.50. The summed E-state index contributed by atoms with van der Waals surface area (Å²) in [6.45, 7) is 8.60. The van der Waals surface area contributed by atoms with Crippen LogP contribution in [0.3, 0.4) is 0 Å². The van der Waals surface area contributed by atoms with Crippen molar-refractivity contribution in [3.63, 3.8) is 0 Å². The molecule has 0 saturated carbocycles. The Balaban J connectivity index is 3.18. The molecule has 0 aliphatic rings. The topological polar surface area (TPSA) is 101 Å². The number of ether oxygens (including phenoxy) is 5. The van der Waals surface area contributed by atoms with Crippen LogP contribution in [-0.4, -0.2) is 76.5 Å². The molecule has 212 valence electrons. The van der Waals surface area contributed by atoms with Crippen LogP contribution in [0.25, 0.3) is 0 Å². The Morgan fingerprint density at radius 3 is 1.44 bits per heavy atom. The zero-order valence-electron chi connectivity index (χ0n) is 22.8. The average Bonchev–Trinajstić information content (AvgIpc) is 2.86. The molecule has 0 aromatic rings. The molecule has 36 heavy (non-hydrogen) atoms. The van der Waals surface area contributed by atoms with Crippen LogP contribution < -0.4 is 0 Å². The molecule has 1 N–H and O–H groups in total. The Morgan fingerprint density at radius 1 is 0.556 bits per heavy atom. The van der Waals surface area contributed by atoms with Crippen molar-refractivity contribution in [2.24, 2.45) is 0 Å². The van der Waals surface area contributed by atoms with Crippen molar-refractivity contribution in [3.8, 4) is 0 Å². The van der Waals surface area contributed by atoms with Gasteiger partial charge in [-0.25, -0.2) is 4.79 Å². The minimum Gasteiger partial charge on any atom is -0.463 e. The molecule has 0 aromatic carbocycles. The van der Waals surface area contributed by atoms with Crippen LogP contribution in [0.4, 0.5) is 0 Å². The molecule has 0 fully saturated rings. The third-order valence-corrected chi connectivity index (χ3v) is 5.58. The lowest BCUT2D eigenvalue weighted by atomic mass is 10.0. The molecule has 0 rings (SSSR count). The quantitative estimate of drug-likeness (QED) is 0.0865. The second-order valence-electron chi connectivity index (χ2n) is 9.04. The highest BCUT2D eigenvalue weighted by atomic mass is 16.6. The second kappa shape index (κ2) is 28.1. The smallest absolute Gasteiger partial charge is 0.333 e. The van der Waals surface area contributed by atoms with Crippen molar-refractivity contribution in [1.82, 2.24) is 0 Å². The Kier molecular flexibility index (Phi) is 26.9. The average molecular weight is 517 g/mol. The maximum absolute atomic E-state index is 11.7. The van der Waals surface area contributed by atoms with Gasteiger partial charge in [0, 0.05) is 12.0 Å². The molecular formula is C28H52O8. The lowest BCUT2D eigenvalue weighted by Gasteiger charge is -2.07. The fraction of sp³-hybridized carbons (Fsp3) is 0.857. The summed E-state index contributed by atoms with van der Waals surface area (Å²) in [5.74, 6) is -0.434. The summed E-state index contributed by atoms with van der Waals surface area (Å²) in [4.78, 5) is 23.0. The van der Waals surface area contributed by atoms with E-state index in [1.807, 2.05) is 0 Å². The highest BCUT2D eigenvalue weighted by Gasteiger charge is 2.03.